The first-order chi connectivity index (χ1) is 14.1. The molecule has 7 heteroatoms. The third kappa shape index (κ3) is 3.72. The molecule has 2 heterocycles. The number of thiazole rings is 1. The van der Waals surface area contributed by atoms with Crippen LogP contribution in [0.15, 0.2) is 50.9 Å². The topological polar surface area (TPSA) is 57.8 Å². The maximum Gasteiger partial charge on any atom is 0.230 e. The number of halogens is 1. The maximum atomic E-state index is 10.6. The predicted molar refractivity (Wildman–Crippen MR) is 120 cm³/mol. The lowest BCUT2D eigenvalue weighted by atomic mass is 9.94. The summed E-state index contributed by atoms with van der Waals surface area (Å²) in [7, 11) is 0. The number of rotatable bonds is 5. The zero-order chi connectivity index (χ0) is 20.0. The number of hydrogen-bond donors (Lipinski definition) is 1. The number of thioether (sulfide) groups is 1. The highest BCUT2D eigenvalue weighted by molar-refractivity contribution is 8.00. The van der Waals surface area contributed by atoms with Gasteiger partial charge in [0.25, 0.3) is 0 Å². The standard InChI is InChI=1S/C22H18ClN3OS2/c1-28-22-25-21(27)20(29-22)18(13-5-7-19-15(8-13)11-24-26-19)9-14-4-6-16(23)10-17(14)12-2-3-12/h4-8,10-12,27H,2-3,9H2,1H3. The Bertz CT molecular complexity index is 1260. The van der Waals surface area contributed by atoms with E-state index >= 15 is 0 Å². The van der Waals surface area contributed by atoms with Crippen LogP contribution in [0.2, 0.25) is 5.02 Å². The van der Waals surface area contributed by atoms with Gasteiger partial charge >= 0.3 is 0 Å². The minimum Gasteiger partial charge on any atom is -0.492 e. The average Bonchev–Trinajstić information content (AvgIpc) is 3.35. The Kier molecular flexibility index (Phi) is 4.94. The van der Waals surface area contributed by atoms with Crippen LogP contribution in [0, 0.1) is 0 Å². The Hall–Kier alpha value is -2.15. The molecule has 0 radical (unpaired) electrons. The molecule has 0 unspecified atom stereocenters. The summed E-state index contributed by atoms with van der Waals surface area (Å²) in [6.07, 6.45) is 6.87. The molecule has 0 saturated heterocycles. The number of hydrogen-bond acceptors (Lipinski definition) is 6. The number of aromatic hydroxyl groups is 1. The molecule has 0 atom stereocenters. The second kappa shape index (κ2) is 7.59. The fourth-order valence-corrected chi connectivity index (χ4v) is 5.37. The summed E-state index contributed by atoms with van der Waals surface area (Å²) in [5.41, 5.74) is 4.63. The quantitative estimate of drug-likeness (QED) is 0.595. The third-order valence-electron chi connectivity index (χ3n) is 5.27. The van der Waals surface area contributed by atoms with Crippen LogP contribution in [0.25, 0.3) is 5.57 Å². The maximum absolute atomic E-state index is 10.6. The van der Waals surface area contributed by atoms with E-state index in [0.717, 1.165) is 36.0 Å². The molecule has 3 aromatic rings. The zero-order valence-corrected chi connectivity index (χ0v) is 18.1. The fraction of sp³-hybridized carbons (Fsp3) is 0.227. The van der Waals surface area contributed by atoms with Gasteiger partial charge in [-0.15, -0.1) is 11.3 Å². The van der Waals surface area contributed by atoms with E-state index in [1.807, 2.05) is 18.4 Å². The van der Waals surface area contributed by atoms with E-state index in [9.17, 15) is 5.11 Å². The minimum atomic E-state index is 0.0927. The largest absolute Gasteiger partial charge is 0.492 e. The minimum absolute atomic E-state index is 0.0927. The van der Waals surface area contributed by atoms with Crippen LogP contribution < -0.4 is 10.6 Å². The summed E-state index contributed by atoms with van der Waals surface area (Å²) in [6.45, 7) is 0. The van der Waals surface area contributed by atoms with Gasteiger partial charge in [0.15, 0.2) is 4.34 Å². The van der Waals surface area contributed by atoms with Crippen LogP contribution in [0.1, 0.15) is 40.3 Å². The van der Waals surface area contributed by atoms with E-state index < -0.39 is 0 Å². The Morgan fingerprint density at radius 3 is 2.86 bits per heavy atom. The Balaban J connectivity index is 1.70. The summed E-state index contributed by atoms with van der Waals surface area (Å²) < 4.78 is 0.853. The van der Waals surface area contributed by atoms with Crippen LogP contribution in [0.5, 0.6) is 5.88 Å². The normalized spacial score (nSPS) is 15.9. The first-order valence-corrected chi connectivity index (χ1v) is 11.8. The molecular formula is C22H18ClN3OS2. The van der Waals surface area contributed by atoms with Crippen molar-refractivity contribution in [1.82, 2.24) is 4.98 Å². The van der Waals surface area contributed by atoms with E-state index in [2.05, 4.69) is 39.5 Å². The summed E-state index contributed by atoms with van der Waals surface area (Å²) in [4.78, 5) is 5.14. The highest BCUT2D eigenvalue weighted by atomic mass is 35.5. The first kappa shape index (κ1) is 18.9. The van der Waals surface area contributed by atoms with Gasteiger partial charge in [-0.3, -0.25) is 0 Å². The molecule has 5 rings (SSSR count). The summed E-state index contributed by atoms with van der Waals surface area (Å²) in [5.74, 6) is 0.683. The van der Waals surface area contributed by atoms with Gasteiger partial charge in [-0.2, -0.15) is 15.2 Å². The summed E-state index contributed by atoms with van der Waals surface area (Å²) in [5, 5.41) is 21.4. The molecule has 1 aliphatic carbocycles. The Morgan fingerprint density at radius 1 is 1.24 bits per heavy atom. The summed E-state index contributed by atoms with van der Waals surface area (Å²) in [6, 6.07) is 12.3. The SMILES string of the molecule is CSc1nc(O)c(C(Cc2ccc(Cl)cc2C2CC2)=c2ccc3c(c2)C=NN=3)s1. The van der Waals surface area contributed by atoms with Crippen LogP contribution in [0.4, 0.5) is 0 Å². The van der Waals surface area contributed by atoms with Crippen molar-refractivity contribution in [1.29, 1.82) is 0 Å². The van der Waals surface area contributed by atoms with Crippen LogP contribution in [-0.2, 0) is 6.42 Å². The molecular weight excluding hydrogens is 422 g/mol. The van der Waals surface area contributed by atoms with Gasteiger partial charge in [0.05, 0.1) is 16.4 Å². The highest BCUT2D eigenvalue weighted by Crippen LogP contribution is 2.44. The van der Waals surface area contributed by atoms with Crippen LogP contribution >= 0.6 is 34.7 Å². The second-order valence-electron chi connectivity index (χ2n) is 7.23. The van der Waals surface area contributed by atoms with Crippen molar-refractivity contribution < 1.29 is 5.11 Å². The first-order valence-electron chi connectivity index (χ1n) is 9.39. The van der Waals surface area contributed by atoms with E-state index in [0.29, 0.717) is 12.3 Å². The Morgan fingerprint density at radius 2 is 2.10 bits per heavy atom. The molecule has 4 nitrogen and oxygen atoms in total. The van der Waals surface area contributed by atoms with Gasteiger partial charge in [0.1, 0.15) is 0 Å². The van der Waals surface area contributed by atoms with Crippen LogP contribution in [-0.4, -0.2) is 22.6 Å². The van der Waals surface area contributed by atoms with Gasteiger partial charge in [-0.1, -0.05) is 35.5 Å². The molecule has 1 saturated carbocycles. The molecule has 2 aromatic carbocycles. The molecule has 1 N–H and O–H groups in total. The third-order valence-corrected chi connectivity index (χ3v) is 7.59. The van der Waals surface area contributed by atoms with Gasteiger partial charge in [-0.05, 0) is 77.6 Å². The molecule has 1 aliphatic heterocycles. The van der Waals surface area contributed by atoms with E-state index in [4.69, 9.17) is 11.6 Å². The van der Waals surface area contributed by atoms with Crippen LogP contribution in [0.3, 0.4) is 0 Å². The molecule has 1 fully saturated rings. The number of nitrogens with zero attached hydrogens (tertiary/aromatic N) is 3. The Labute approximate surface area is 181 Å². The smallest absolute Gasteiger partial charge is 0.230 e. The molecule has 146 valence electrons. The summed E-state index contributed by atoms with van der Waals surface area (Å²) >= 11 is 9.36. The van der Waals surface area contributed by atoms with E-state index in [-0.39, 0.29) is 5.88 Å². The van der Waals surface area contributed by atoms with Crippen molar-refractivity contribution in [2.45, 2.75) is 29.5 Å². The van der Waals surface area contributed by atoms with Crippen molar-refractivity contribution in [3.05, 3.63) is 73.6 Å². The van der Waals surface area contributed by atoms with Gasteiger partial charge in [0.2, 0.25) is 5.88 Å². The molecule has 0 spiro atoms. The molecule has 1 aromatic heterocycles. The van der Waals surface area contributed by atoms with E-state index in [1.54, 1.807) is 18.0 Å². The number of benzene rings is 2. The predicted octanol–water partition coefficient (Wildman–Crippen LogP) is 4.51. The van der Waals surface area contributed by atoms with Crippen molar-refractivity contribution in [3.63, 3.8) is 0 Å². The lowest BCUT2D eigenvalue weighted by molar-refractivity contribution is 0.452. The second-order valence-corrected chi connectivity index (χ2v) is 9.72. The fourth-order valence-electron chi connectivity index (χ4n) is 3.67. The van der Waals surface area contributed by atoms with Crippen molar-refractivity contribution in [2.75, 3.05) is 6.26 Å². The lowest BCUT2D eigenvalue weighted by Gasteiger charge is -2.12. The lowest BCUT2D eigenvalue weighted by Crippen LogP contribution is -2.16. The number of aromatic nitrogens is 1. The van der Waals surface area contributed by atoms with Gasteiger partial charge < -0.3 is 5.11 Å². The van der Waals surface area contributed by atoms with Crippen molar-refractivity contribution in [2.24, 2.45) is 10.2 Å². The average molecular weight is 440 g/mol. The molecule has 0 bridgehead atoms. The highest BCUT2D eigenvalue weighted by Gasteiger charge is 2.27. The zero-order valence-electron chi connectivity index (χ0n) is 15.7. The van der Waals surface area contributed by atoms with E-state index in [1.165, 1.54) is 35.3 Å². The van der Waals surface area contributed by atoms with Crippen molar-refractivity contribution in [3.8, 4) is 5.88 Å². The molecule has 29 heavy (non-hydrogen) atoms. The number of fused-ring (bicyclic) bond motifs is 1. The van der Waals surface area contributed by atoms with Crippen molar-refractivity contribution >= 4 is 46.5 Å². The van der Waals surface area contributed by atoms with Gasteiger partial charge in [0, 0.05) is 10.6 Å². The monoisotopic (exact) mass is 439 g/mol. The molecule has 0 amide bonds. The molecule has 2 aliphatic rings. The van der Waals surface area contributed by atoms with Gasteiger partial charge in [-0.25, -0.2) is 0 Å².